The molecule has 0 saturated heterocycles. The quantitative estimate of drug-likeness (QED) is 0.607. The van der Waals surface area contributed by atoms with Crippen molar-refractivity contribution in [2.75, 3.05) is 4.43 Å². The molecule has 0 fully saturated rings. The van der Waals surface area contributed by atoms with Crippen LogP contribution in [-0.4, -0.2) is 25.2 Å². The standard InChI is InChI=1S/C12H23IN4/c1-9(2)7-17-12(15-8-16-17)6-14-11(5-13)10(3)4/h8-11,14H,5-7H2,1-4H3. The zero-order valence-electron chi connectivity index (χ0n) is 11.2. The highest BCUT2D eigenvalue weighted by Gasteiger charge is 2.13. The third-order valence-corrected chi connectivity index (χ3v) is 3.68. The summed E-state index contributed by atoms with van der Waals surface area (Å²) in [6, 6.07) is 0.541. The van der Waals surface area contributed by atoms with Crippen LogP contribution in [0.1, 0.15) is 33.5 Å². The first-order chi connectivity index (χ1) is 8.04. The van der Waals surface area contributed by atoms with E-state index in [2.05, 4.69) is 65.7 Å². The maximum atomic E-state index is 4.32. The van der Waals surface area contributed by atoms with Gasteiger partial charge in [-0.05, 0) is 11.8 Å². The Balaban J connectivity index is 2.53. The summed E-state index contributed by atoms with van der Waals surface area (Å²) in [6.07, 6.45) is 1.65. The summed E-state index contributed by atoms with van der Waals surface area (Å²) >= 11 is 2.43. The Hall–Kier alpha value is -0.170. The Bertz CT molecular complexity index is 322. The van der Waals surface area contributed by atoms with Gasteiger partial charge in [-0.1, -0.05) is 50.3 Å². The number of aromatic nitrogens is 3. The largest absolute Gasteiger partial charge is 0.306 e. The van der Waals surface area contributed by atoms with Crippen LogP contribution in [-0.2, 0) is 13.1 Å². The highest BCUT2D eigenvalue weighted by Crippen LogP contribution is 2.07. The van der Waals surface area contributed by atoms with Crippen LogP contribution >= 0.6 is 22.6 Å². The van der Waals surface area contributed by atoms with Crippen LogP contribution in [0.3, 0.4) is 0 Å². The fourth-order valence-corrected chi connectivity index (χ4v) is 2.94. The molecule has 0 radical (unpaired) electrons. The molecule has 0 aromatic carbocycles. The van der Waals surface area contributed by atoms with Gasteiger partial charge in [-0.3, -0.25) is 0 Å². The number of nitrogens with zero attached hydrogens (tertiary/aromatic N) is 3. The molecule has 0 amide bonds. The molecule has 1 aromatic heterocycles. The lowest BCUT2D eigenvalue weighted by Crippen LogP contribution is -2.35. The van der Waals surface area contributed by atoms with Crippen LogP contribution < -0.4 is 5.32 Å². The second-order valence-corrected chi connectivity index (χ2v) is 6.02. The van der Waals surface area contributed by atoms with E-state index < -0.39 is 0 Å². The van der Waals surface area contributed by atoms with E-state index in [-0.39, 0.29) is 0 Å². The number of halogens is 1. The van der Waals surface area contributed by atoms with Gasteiger partial charge in [-0.25, -0.2) is 9.67 Å². The van der Waals surface area contributed by atoms with E-state index in [0.717, 1.165) is 23.3 Å². The van der Waals surface area contributed by atoms with Crippen molar-refractivity contribution in [3.8, 4) is 0 Å². The average Bonchev–Trinajstić information content (AvgIpc) is 2.65. The fourth-order valence-electron chi connectivity index (χ4n) is 1.61. The molecule has 98 valence electrons. The highest BCUT2D eigenvalue weighted by molar-refractivity contribution is 14.1. The van der Waals surface area contributed by atoms with Crippen molar-refractivity contribution in [1.29, 1.82) is 0 Å². The molecule has 17 heavy (non-hydrogen) atoms. The molecular weight excluding hydrogens is 327 g/mol. The minimum atomic E-state index is 0.541. The summed E-state index contributed by atoms with van der Waals surface area (Å²) in [7, 11) is 0. The number of alkyl halides is 1. The van der Waals surface area contributed by atoms with Gasteiger partial charge in [0, 0.05) is 17.0 Å². The van der Waals surface area contributed by atoms with Gasteiger partial charge in [-0.2, -0.15) is 5.10 Å². The zero-order valence-corrected chi connectivity index (χ0v) is 13.3. The van der Waals surface area contributed by atoms with E-state index in [9.17, 15) is 0 Å². The maximum absolute atomic E-state index is 4.32. The lowest BCUT2D eigenvalue weighted by molar-refractivity contribution is 0.410. The Kier molecular flexibility index (Phi) is 6.40. The van der Waals surface area contributed by atoms with Gasteiger partial charge in [0.1, 0.15) is 12.2 Å². The van der Waals surface area contributed by atoms with Crippen molar-refractivity contribution in [3.05, 3.63) is 12.2 Å². The molecule has 0 aliphatic carbocycles. The molecule has 1 unspecified atom stereocenters. The fraction of sp³-hybridized carbons (Fsp3) is 0.833. The van der Waals surface area contributed by atoms with Crippen LogP contribution in [0.2, 0.25) is 0 Å². The first-order valence-electron chi connectivity index (χ1n) is 6.20. The van der Waals surface area contributed by atoms with E-state index in [1.807, 2.05) is 4.68 Å². The molecule has 0 aliphatic heterocycles. The van der Waals surface area contributed by atoms with E-state index in [1.165, 1.54) is 0 Å². The maximum Gasteiger partial charge on any atom is 0.140 e. The van der Waals surface area contributed by atoms with E-state index in [0.29, 0.717) is 17.9 Å². The molecule has 0 saturated carbocycles. The second kappa shape index (κ2) is 7.31. The normalized spacial score (nSPS) is 13.6. The van der Waals surface area contributed by atoms with Crippen LogP contribution in [0.4, 0.5) is 0 Å². The zero-order chi connectivity index (χ0) is 12.8. The minimum absolute atomic E-state index is 0.541. The van der Waals surface area contributed by atoms with Gasteiger partial charge in [-0.15, -0.1) is 0 Å². The van der Waals surface area contributed by atoms with Crippen molar-refractivity contribution < 1.29 is 0 Å². The average molecular weight is 350 g/mol. The summed E-state index contributed by atoms with van der Waals surface area (Å²) in [4.78, 5) is 4.32. The Morgan fingerprint density at radius 3 is 2.59 bits per heavy atom. The first-order valence-corrected chi connectivity index (χ1v) is 7.73. The summed E-state index contributed by atoms with van der Waals surface area (Å²) in [6.45, 7) is 10.6. The molecule has 1 atom stereocenters. The topological polar surface area (TPSA) is 42.7 Å². The molecule has 4 nitrogen and oxygen atoms in total. The van der Waals surface area contributed by atoms with Gasteiger partial charge >= 0.3 is 0 Å². The third kappa shape index (κ3) is 4.91. The van der Waals surface area contributed by atoms with Gasteiger partial charge in [0.25, 0.3) is 0 Å². The Morgan fingerprint density at radius 1 is 1.35 bits per heavy atom. The second-order valence-electron chi connectivity index (χ2n) is 5.14. The number of nitrogens with one attached hydrogen (secondary N) is 1. The van der Waals surface area contributed by atoms with Crippen molar-refractivity contribution >= 4 is 22.6 Å². The Morgan fingerprint density at radius 2 is 2.06 bits per heavy atom. The van der Waals surface area contributed by atoms with Crippen LogP contribution in [0.15, 0.2) is 6.33 Å². The lowest BCUT2D eigenvalue weighted by Gasteiger charge is -2.20. The van der Waals surface area contributed by atoms with Crippen LogP contribution in [0.25, 0.3) is 0 Å². The van der Waals surface area contributed by atoms with Crippen molar-refractivity contribution in [1.82, 2.24) is 20.1 Å². The third-order valence-electron chi connectivity index (χ3n) is 2.73. The van der Waals surface area contributed by atoms with Gasteiger partial charge in [0.15, 0.2) is 0 Å². The molecule has 1 rings (SSSR count). The number of rotatable bonds is 7. The van der Waals surface area contributed by atoms with Gasteiger partial charge in [0.05, 0.1) is 6.54 Å². The number of hydrogen-bond donors (Lipinski definition) is 1. The van der Waals surface area contributed by atoms with Crippen molar-refractivity contribution in [3.63, 3.8) is 0 Å². The molecule has 1 heterocycles. The molecular formula is C12H23IN4. The SMILES string of the molecule is CC(C)Cn1ncnc1CNC(CI)C(C)C. The van der Waals surface area contributed by atoms with Crippen LogP contribution in [0.5, 0.6) is 0 Å². The molecule has 1 aromatic rings. The van der Waals surface area contributed by atoms with E-state index >= 15 is 0 Å². The lowest BCUT2D eigenvalue weighted by atomic mass is 10.1. The van der Waals surface area contributed by atoms with Crippen molar-refractivity contribution in [2.45, 2.75) is 46.8 Å². The molecule has 5 heteroatoms. The number of hydrogen-bond acceptors (Lipinski definition) is 3. The molecule has 0 bridgehead atoms. The van der Waals surface area contributed by atoms with E-state index in [1.54, 1.807) is 6.33 Å². The summed E-state index contributed by atoms with van der Waals surface area (Å²) in [5.41, 5.74) is 0. The monoisotopic (exact) mass is 350 g/mol. The predicted octanol–water partition coefficient (Wildman–Crippen LogP) is 2.48. The van der Waals surface area contributed by atoms with Gasteiger partial charge < -0.3 is 5.32 Å². The van der Waals surface area contributed by atoms with Crippen LogP contribution in [0, 0.1) is 11.8 Å². The summed E-state index contributed by atoms with van der Waals surface area (Å²) in [5.74, 6) is 2.28. The Labute approximate surface area is 118 Å². The summed E-state index contributed by atoms with van der Waals surface area (Å²) in [5, 5.41) is 7.82. The van der Waals surface area contributed by atoms with E-state index in [4.69, 9.17) is 0 Å². The predicted molar refractivity (Wildman–Crippen MR) is 79.2 cm³/mol. The summed E-state index contributed by atoms with van der Waals surface area (Å²) < 4.78 is 3.12. The molecule has 1 N–H and O–H groups in total. The molecule has 0 spiro atoms. The highest BCUT2D eigenvalue weighted by atomic mass is 127. The minimum Gasteiger partial charge on any atom is -0.306 e. The van der Waals surface area contributed by atoms with Gasteiger partial charge in [0.2, 0.25) is 0 Å². The van der Waals surface area contributed by atoms with Crippen molar-refractivity contribution in [2.24, 2.45) is 11.8 Å². The molecule has 0 aliphatic rings. The smallest absolute Gasteiger partial charge is 0.140 e. The first kappa shape index (κ1) is 14.9.